The molecule has 0 N–H and O–H groups in total. The molecular formula is C43H28Cl2N2. The van der Waals surface area contributed by atoms with Gasteiger partial charge in [0, 0.05) is 34.7 Å². The number of benzene rings is 6. The van der Waals surface area contributed by atoms with Crippen LogP contribution in [0.4, 0.5) is 11.4 Å². The smallest absolute Gasteiger partial charge is 0.0816 e. The van der Waals surface area contributed by atoms with Crippen molar-refractivity contribution in [2.24, 2.45) is 9.98 Å². The van der Waals surface area contributed by atoms with Crippen molar-refractivity contribution in [3.63, 3.8) is 0 Å². The van der Waals surface area contributed by atoms with Crippen LogP contribution in [0, 0.1) is 23.7 Å². The molecule has 0 aliphatic carbocycles. The zero-order valence-electron chi connectivity index (χ0n) is 25.4. The van der Waals surface area contributed by atoms with Crippen LogP contribution in [0.5, 0.6) is 0 Å². The van der Waals surface area contributed by atoms with Crippen LogP contribution in [0.3, 0.4) is 0 Å². The fourth-order valence-electron chi connectivity index (χ4n) is 4.69. The van der Waals surface area contributed by atoms with Gasteiger partial charge in [-0.25, -0.2) is 0 Å². The molecule has 0 amide bonds. The molecule has 6 aromatic rings. The molecule has 0 aliphatic heterocycles. The van der Waals surface area contributed by atoms with Crippen molar-refractivity contribution in [1.29, 1.82) is 0 Å². The van der Waals surface area contributed by atoms with E-state index in [1.165, 1.54) is 0 Å². The van der Waals surface area contributed by atoms with E-state index in [4.69, 9.17) is 23.2 Å². The minimum atomic E-state index is 0.591. The molecule has 4 heteroatoms. The molecule has 0 atom stereocenters. The van der Waals surface area contributed by atoms with Gasteiger partial charge >= 0.3 is 0 Å². The first kappa shape index (κ1) is 31.3. The maximum absolute atomic E-state index is 6.61. The number of aliphatic imine (C=N–C) groups is 2. The van der Waals surface area contributed by atoms with E-state index >= 15 is 0 Å². The highest BCUT2D eigenvalue weighted by atomic mass is 35.5. The highest BCUT2D eigenvalue weighted by Gasteiger charge is 2.05. The summed E-state index contributed by atoms with van der Waals surface area (Å²) in [6.45, 7) is 0. The Morgan fingerprint density at radius 2 is 0.787 bits per heavy atom. The SMILES string of the molecule is Clc1cc(Cc2ccc(N=Cc3ccc(C#Cc4ccccc4)cc3)c(Cl)c2)ccc1N=Cc1ccc(C#Cc2ccccc2)cc1. The average Bonchev–Trinajstić information content (AvgIpc) is 3.11. The maximum Gasteiger partial charge on any atom is 0.0816 e. The Morgan fingerprint density at radius 3 is 1.15 bits per heavy atom. The lowest BCUT2D eigenvalue weighted by Crippen LogP contribution is -1.89. The van der Waals surface area contributed by atoms with E-state index in [0.717, 1.165) is 44.5 Å². The number of halogens is 2. The highest BCUT2D eigenvalue weighted by Crippen LogP contribution is 2.30. The third kappa shape index (κ3) is 9.20. The largest absolute Gasteiger partial charge is 0.255 e. The second kappa shape index (κ2) is 15.6. The summed E-state index contributed by atoms with van der Waals surface area (Å²) < 4.78 is 0. The van der Waals surface area contributed by atoms with Crippen molar-refractivity contribution in [1.82, 2.24) is 0 Å². The molecule has 0 saturated carbocycles. The van der Waals surface area contributed by atoms with E-state index in [-0.39, 0.29) is 0 Å². The fourth-order valence-corrected chi connectivity index (χ4v) is 5.19. The Labute approximate surface area is 286 Å². The van der Waals surface area contributed by atoms with E-state index in [0.29, 0.717) is 27.8 Å². The van der Waals surface area contributed by atoms with Crippen molar-refractivity contribution in [2.75, 3.05) is 0 Å². The van der Waals surface area contributed by atoms with E-state index in [9.17, 15) is 0 Å². The molecule has 2 nitrogen and oxygen atoms in total. The van der Waals surface area contributed by atoms with E-state index in [2.05, 4.69) is 33.7 Å². The summed E-state index contributed by atoms with van der Waals surface area (Å²) in [6.07, 6.45) is 4.30. The van der Waals surface area contributed by atoms with Gasteiger partial charge in [-0.05, 0) is 101 Å². The first-order chi connectivity index (χ1) is 23.1. The summed E-state index contributed by atoms with van der Waals surface area (Å²) in [5.74, 6) is 12.7. The van der Waals surface area contributed by atoms with Crippen LogP contribution in [0.25, 0.3) is 0 Å². The molecule has 0 unspecified atom stereocenters. The van der Waals surface area contributed by atoms with Crippen molar-refractivity contribution < 1.29 is 0 Å². The summed E-state index contributed by atoms with van der Waals surface area (Å²) in [4.78, 5) is 9.22. The Bertz CT molecular complexity index is 2000. The lowest BCUT2D eigenvalue weighted by atomic mass is 10.0. The number of hydrogen-bond donors (Lipinski definition) is 0. The van der Waals surface area contributed by atoms with Gasteiger partial charge < -0.3 is 0 Å². The third-order valence-corrected chi connectivity index (χ3v) is 7.81. The quantitative estimate of drug-likeness (QED) is 0.127. The van der Waals surface area contributed by atoms with Gasteiger partial charge in [-0.15, -0.1) is 0 Å². The van der Waals surface area contributed by atoms with Gasteiger partial charge in [0.25, 0.3) is 0 Å². The average molecular weight is 644 g/mol. The molecule has 0 fully saturated rings. The monoisotopic (exact) mass is 642 g/mol. The molecule has 6 aromatic carbocycles. The van der Waals surface area contributed by atoms with Gasteiger partial charge in [0.1, 0.15) is 0 Å². The second-order valence-corrected chi connectivity index (χ2v) is 11.6. The Morgan fingerprint density at radius 1 is 0.426 bits per heavy atom. The van der Waals surface area contributed by atoms with Gasteiger partial charge in [0.05, 0.1) is 21.4 Å². The first-order valence-electron chi connectivity index (χ1n) is 15.1. The predicted molar refractivity (Wildman–Crippen MR) is 198 cm³/mol. The summed E-state index contributed by atoms with van der Waals surface area (Å²) in [5.41, 5.74) is 9.37. The Hall–Kier alpha value is -5.64. The second-order valence-electron chi connectivity index (χ2n) is 10.7. The lowest BCUT2D eigenvalue weighted by Gasteiger charge is -2.07. The van der Waals surface area contributed by atoms with Crippen LogP contribution in [-0.4, -0.2) is 12.4 Å². The van der Waals surface area contributed by atoms with Crippen LogP contribution < -0.4 is 0 Å². The number of hydrogen-bond acceptors (Lipinski definition) is 2. The number of nitrogens with zero attached hydrogens (tertiary/aromatic N) is 2. The van der Waals surface area contributed by atoms with Gasteiger partial charge in [0.2, 0.25) is 0 Å². The van der Waals surface area contributed by atoms with Gasteiger partial charge in [-0.3, -0.25) is 9.98 Å². The molecule has 0 saturated heterocycles. The van der Waals surface area contributed by atoms with Crippen LogP contribution in [-0.2, 0) is 6.42 Å². The fraction of sp³-hybridized carbons (Fsp3) is 0.0233. The van der Waals surface area contributed by atoms with E-state index in [1.807, 2.05) is 158 Å². The zero-order valence-corrected chi connectivity index (χ0v) is 26.9. The summed E-state index contributed by atoms with van der Waals surface area (Å²) >= 11 is 13.2. The Kier molecular flexibility index (Phi) is 10.4. The Balaban J connectivity index is 1.05. The van der Waals surface area contributed by atoms with Crippen molar-refractivity contribution in [3.8, 4) is 23.7 Å². The predicted octanol–water partition coefficient (Wildman–Crippen LogP) is 10.9. The standard InChI is InChI=1S/C43H28Cl2N2/c44-40-28-38(23-25-42(40)46-30-36-19-15-34(16-20-36)13-11-32-7-3-1-4-8-32)27-39-24-26-43(41(45)29-39)47-31-37-21-17-35(18-22-37)14-12-33-9-5-2-6-10-33/h1-10,15-26,28-31H,27H2. The van der Waals surface area contributed by atoms with Crippen LogP contribution in [0.15, 0.2) is 156 Å². The molecule has 224 valence electrons. The van der Waals surface area contributed by atoms with Crippen LogP contribution in [0.2, 0.25) is 10.0 Å². The molecule has 0 spiro atoms. The minimum absolute atomic E-state index is 0.591. The lowest BCUT2D eigenvalue weighted by molar-refractivity contribution is 1.19. The molecule has 0 aromatic heterocycles. The van der Waals surface area contributed by atoms with Crippen molar-refractivity contribution in [3.05, 3.63) is 200 Å². The zero-order chi connectivity index (χ0) is 32.3. The van der Waals surface area contributed by atoms with Crippen LogP contribution in [0.1, 0.15) is 44.5 Å². The number of rotatable bonds is 6. The molecule has 0 bridgehead atoms. The summed E-state index contributed by atoms with van der Waals surface area (Å²) in [5, 5.41) is 1.18. The highest BCUT2D eigenvalue weighted by molar-refractivity contribution is 6.33. The third-order valence-electron chi connectivity index (χ3n) is 7.21. The van der Waals surface area contributed by atoms with Gasteiger partial charge in [0.15, 0.2) is 0 Å². The minimum Gasteiger partial charge on any atom is -0.255 e. The molecule has 0 aliphatic rings. The van der Waals surface area contributed by atoms with Crippen molar-refractivity contribution in [2.45, 2.75) is 6.42 Å². The molecular weight excluding hydrogens is 615 g/mol. The topological polar surface area (TPSA) is 24.7 Å². The summed E-state index contributed by atoms with van der Waals surface area (Å²) in [7, 11) is 0. The normalized spacial score (nSPS) is 10.8. The summed E-state index contributed by atoms with van der Waals surface area (Å²) in [6, 6.07) is 47.7. The molecule has 0 heterocycles. The van der Waals surface area contributed by atoms with Crippen molar-refractivity contribution >= 4 is 47.0 Å². The van der Waals surface area contributed by atoms with E-state index in [1.54, 1.807) is 0 Å². The molecule has 47 heavy (non-hydrogen) atoms. The molecule has 6 rings (SSSR count). The van der Waals surface area contributed by atoms with Gasteiger partial charge in [-0.2, -0.15) is 0 Å². The van der Waals surface area contributed by atoms with Gasteiger partial charge in [-0.1, -0.05) is 120 Å². The van der Waals surface area contributed by atoms with Crippen LogP contribution >= 0.6 is 23.2 Å². The molecule has 0 radical (unpaired) electrons. The maximum atomic E-state index is 6.61. The van der Waals surface area contributed by atoms with E-state index < -0.39 is 0 Å². The first-order valence-corrected chi connectivity index (χ1v) is 15.8.